The highest BCUT2D eigenvalue weighted by Gasteiger charge is 2.52. The molecular formula is C23H31N3O3. The van der Waals surface area contributed by atoms with Crippen LogP contribution in [0.1, 0.15) is 57.9 Å². The second-order valence-electron chi connectivity index (χ2n) is 9.17. The van der Waals surface area contributed by atoms with Gasteiger partial charge in [0.25, 0.3) is 5.91 Å². The number of rotatable bonds is 6. The van der Waals surface area contributed by atoms with E-state index in [4.69, 9.17) is 0 Å². The lowest BCUT2D eigenvalue weighted by atomic mass is 9.77. The second-order valence-corrected chi connectivity index (χ2v) is 9.17. The van der Waals surface area contributed by atoms with Gasteiger partial charge in [-0.25, -0.2) is 4.79 Å². The van der Waals surface area contributed by atoms with Crippen LogP contribution < -0.4 is 5.32 Å². The maximum absolute atomic E-state index is 13.2. The molecule has 1 saturated heterocycles. The van der Waals surface area contributed by atoms with Crippen molar-refractivity contribution in [3.63, 3.8) is 0 Å². The summed E-state index contributed by atoms with van der Waals surface area (Å²) in [6.07, 6.45) is 5.43. The maximum Gasteiger partial charge on any atom is 0.325 e. The summed E-state index contributed by atoms with van der Waals surface area (Å²) in [6.45, 7) is 4.58. The zero-order valence-corrected chi connectivity index (χ0v) is 17.4. The van der Waals surface area contributed by atoms with Gasteiger partial charge in [0.1, 0.15) is 12.1 Å². The van der Waals surface area contributed by atoms with Crippen LogP contribution in [0, 0.1) is 11.8 Å². The van der Waals surface area contributed by atoms with Gasteiger partial charge in [-0.3, -0.25) is 14.5 Å². The predicted molar refractivity (Wildman–Crippen MR) is 110 cm³/mol. The van der Waals surface area contributed by atoms with Crippen LogP contribution in [0.2, 0.25) is 0 Å². The van der Waals surface area contributed by atoms with Crippen molar-refractivity contribution >= 4 is 17.8 Å². The van der Waals surface area contributed by atoms with Gasteiger partial charge >= 0.3 is 6.03 Å². The molecule has 6 heteroatoms. The summed E-state index contributed by atoms with van der Waals surface area (Å²) in [5.41, 5.74) is 0.263. The van der Waals surface area contributed by atoms with E-state index in [1.165, 1.54) is 0 Å². The Labute approximate surface area is 172 Å². The minimum absolute atomic E-state index is 0.105. The minimum Gasteiger partial charge on any atom is -0.334 e. The molecule has 156 valence electrons. The van der Waals surface area contributed by atoms with Crippen molar-refractivity contribution in [2.24, 2.45) is 11.8 Å². The van der Waals surface area contributed by atoms with Crippen LogP contribution >= 0.6 is 0 Å². The summed E-state index contributed by atoms with van der Waals surface area (Å²) in [4.78, 5) is 41.9. The number of imide groups is 1. The molecule has 1 aromatic rings. The first-order valence-electron chi connectivity index (χ1n) is 10.9. The Hall–Kier alpha value is -2.37. The molecule has 3 aliphatic rings. The van der Waals surface area contributed by atoms with Crippen LogP contribution in [-0.4, -0.2) is 45.8 Å². The highest BCUT2D eigenvalue weighted by molar-refractivity contribution is 6.09. The third kappa shape index (κ3) is 4.02. The summed E-state index contributed by atoms with van der Waals surface area (Å²) in [6, 6.07) is 9.58. The quantitative estimate of drug-likeness (QED) is 0.749. The fourth-order valence-electron chi connectivity index (χ4n) is 4.71. The molecule has 3 fully saturated rings. The van der Waals surface area contributed by atoms with Crippen molar-refractivity contribution in [3.8, 4) is 0 Å². The first-order chi connectivity index (χ1) is 13.9. The number of amides is 4. The van der Waals surface area contributed by atoms with Crippen LogP contribution in [0.25, 0.3) is 0 Å². The minimum atomic E-state index is -0.795. The summed E-state index contributed by atoms with van der Waals surface area (Å²) in [7, 11) is 0. The Bertz CT molecular complexity index is 782. The predicted octanol–water partition coefficient (Wildman–Crippen LogP) is 3.31. The number of hydrogen-bond acceptors (Lipinski definition) is 3. The zero-order chi connectivity index (χ0) is 20.6. The van der Waals surface area contributed by atoms with Gasteiger partial charge < -0.3 is 10.2 Å². The molecule has 1 aliphatic heterocycles. The third-order valence-corrected chi connectivity index (χ3v) is 6.98. The van der Waals surface area contributed by atoms with E-state index in [0.717, 1.165) is 36.1 Å². The lowest BCUT2D eigenvalue weighted by Crippen LogP contribution is -2.50. The molecule has 2 aliphatic carbocycles. The lowest BCUT2D eigenvalue weighted by molar-refractivity contribution is -0.141. The van der Waals surface area contributed by atoms with Gasteiger partial charge in [0, 0.05) is 12.6 Å². The largest absolute Gasteiger partial charge is 0.334 e. The molecule has 0 bridgehead atoms. The summed E-state index contributed by atoms with van der Waals surface area (Å²) < 4.78 is 0. The summed E-state index contributed by atoms with van der Waals surface area (Å²) in [5, 5.41) is 2.91. The first-order valence-corrected chi connectivity index (χ1v) is 10.9. The van der Waals surface area contributed by atoms with Crippen LogP contribution in [0.4, 0.5) is 4.79 Å². The van der Waals surface area contributed by atoms with E-state index in [-0.39, 0.29) is 24.4 Å². The van der Waals surface area contributed by atoms with Crippen LogP contribution in [0.15, 0.2) is 30.3 Å². The monoisotopic (exact) mass is 397 g/mol. The van der Waals surface area contributed by atoms with Crippen LogP contribution in [-0.2, 0) is 16.1 Å². The van der Waals surface area contributed by atoms with Gasteiger partial charge in [0.05, 0.1) is 0 Å². The highest BCUT2D eigenvalue weighted by Crippen LogP contribution is 2.37. The first kappa shape index (κ1) is 19.9. The van der Waals surface area contributed by atoms with E-state index in [1.54, 1.807) is 0 Å². The number of nitrogens with one attached hydrogen (secondary N) is 1. The van der Waals surface area contributed by atoms with E-state index in [9.17, 15) is 14.4 Å². The Balaban J connectivity index is 1.48. The number of carbonyl (C=O) groups is 3. The topological polar surface area (TPSA) is 69.7 Å². The molecule has 1 heterocycles. The standard InChI is InChI=1S/C23H31N3O3/c1-16-10-12-23(13-11-16)21(28)26(22(29)24-23)15-20(27)25(17(2)19-8-9-19)14-18-6-4-3-5-7-18/h3-7,16-17,19H,8-15H2,1-2H3,(H,24,29). The van der Waals surface area contributed by atoms with Crippen molar-refractivity contribution < 1.29 is 14.4 Å². The van der Waals surface area contributed by atoms with Gasteiger partial charge in [-0.1, -0.05) is 37.3 Å². The van der Waals surface area contributed by atoms with Crippen molar-refractivity contribution in [1.82, 2.24) is 15.1 Å². The van der Waals surface area contributed by atoms with E-state index in [2.05, 4.69) is 19.2 Å². The van der Waals surface area contributed by atoms with Crippen molar-refractivity contribution in [2.45, 2.75) is 70.5 Å². The number of benzene rings is 1. The summed E-state index contributed by atoms with van der Waals surface area (Å²) in [5.74, 6) is 0.707. The van der Waals surface area contributed by atoms with E-state index >= 15 is 0 Å². The Morgan fingerprint density at radius 3 is 2.45 bits per heavy atom. The molecule has 1 N–H and O–H groups in total. The normalized spacial score (nSPS) is 27.8. The Morgan fingerprint density at radius 1 is 1.17 bits per heavy atom. The van der Waals surface area contributed by atoms with Gasteiger partial charge in [-0.2, -0.15) is 0 Å². The van der Waals surface area contributed by atoms with E-state index < -0.39 is 11.6 Å². The smallest absolute Gasteiger partial charge is 0.325 e. The SMILES string of the molecule is CC1CCC2(CC1)NC(=O)N(CC(=O)N(Cc1ccccc1)C(C)C1CC1)C2=O. The molecule has 4 rings (SSSR count). The molecule has 29 heavy (non-hydrogen) atoms. The molecule has 1 aromatic carbocycles. The Kier molecular flexibility index (Phi) is 5.36. The van der Waals surface area contributed by atoms with Crippen molar-refractivity contribution in [3.05, 3.63) is 35.9 Å². The number of hydrogen-bond donors (Lipinski definition) is 1. The fourth-order valence-corrected chi connectivity index (χ4v) is 4.71. The van der Waals surface area contributed by atoms with Crippen LogP contribution in [0.3, 0.4) is 0 Å². The van der Waals surface area contributed by atoms with E-state index in [1.807, 2.05) is 35.2 Å². The molecule has 1 unspecified atom stereocenters. The van der Waals surface area contributed by atoms with E-state index in [0.29, 0.717) is 31.2 Å². The molecule has 6 nitrogen and oxygen atoms in total. The van der Waals surface area contributed by atoms with Gasteiger partial charge in [0.15, 0.2) is 0 Å². The number of carbonyl (C=O) groups excluding carboxylic acids is 3. The van der Waals surface area contributed by atoms with Gasteiger partial charge in [-0.05, 0) is 62.8 Å². The molecule has 1 atom stereocenters. The highest BCUT2D eigenvalue weighted by atomic mass is 16.2. The molecular weight excluding hydrogens is 366 g/mol. The number of nitrogens with zero attached hydrogens (tertiary/aromatic N) is 2. The van der Waals surface area contributed by atoms with Crippen LogP contribution in [0.5, 0.6) is 0 Å². The van der Waals surface area contributed by atoms with Crippen molar-refractivity contribution in [2.75, 3.05) is 6.54 Å². The van der Waals surface area contributed by atoms with Crippen molar-refractivity contribution in [1.29, 1.82) is 0 Å². The molecule has 0 aromatic heterocycles. The molecule has 4 amide bonds. The van der Waals surface area contributed by atoms with Gasteiger partial charge in [-0.15, -0.1) is 0 Å². The summed E-state index contributed by atoms with van der Waals surface area (Å²) >= 11 is 0. The average molecular weight is 398 g/mol. The molecule has 1 spiro atoms. The second kappa shape index (κ2) is 7.81. The molecule has 0 radical (unpaired) electrons. The third-order valence-electron chi connectivity index (χ3n) is 6.98. The number of urea groups is 1. The zero-order valence-electron chi connectivity index (χ0n) is 17.4. The van der Waals surface area contributed by atoms with Gasteiger partial charge in [0.2, 0.25) is 5.91 Å². The average Bonchev–Trinajstić information content (AvgIpc) is 3.54. The lowest BCUT2D eigenvalue weighted by Gasteiger charge is -2.34. The maximum atomic E-state index is 13.2. The fraction of sp³-hybridized carbons (Fsp3) is 0.609. The Morgan fingerprint density at radius 2 is 1.83 bits per heavy atom. The molecule has 2 saturated carbocycles.